The molecule has 3 atom stereocenters. The normalized spacial score (nSPS) is 27.5. The molecule has 0 aromatic heterocycles. The molecule has 1 fully saturated rings. The maximum atomic E-state index is 3.93. The Morgan fingerprint density at radius 3 is 2.74 bits per heavy atom. The van der Waals surface area contributed by atoms with Crippen molar-refractivity contribution in [2.75, 3.05) is 0 Å². The Bertz CT molecular complexity index is 410. The van der Waals surface area contributed by atoms with Crippen molar-refractivity contribution >= 4 is 15.9 Å². The van der Waals surface area contributed by atoms with Gasteiger partial charge in [0.1, 0.15) is 0 Å². The third kappa shape index (κ3) is 4.08. The summed E-state index contributed by atoms with van der Waals surface area (Å²) in [6, 6.07) is 6.89. The van der Waals surface area contributed by atoms with Crippen LogP contribution in [0, 0.1) is 25.7 Å². The van der Waals surface area contributed by atoms with E-state index in [0.717, 1.165) is 16.7 Å². The molecular weight excluding hydrogens is 296 g/mol. The van der Waals surface area contributed by atoms with Crippen LogP contribution in [-0.2, 0) is 6.42 Å². The number of halogens is 1. The minimum atomic E-state index is 0.723. The van der Waals surface area contributed by atoms with Crippen molar-refractivity contribution < 1.29 is 0 Å². The summed E-state index contributed by atoms with van der Waals surface area (Å²) in [5.41, 5.74) is 4.42. The molecule has 1 aromatic carbocycles. The van der Waals surface area contributed by atoms with Gasteiger partial charge in [-0.1, -0.05) is 59.5 Å². The maximum Gasteiger partial charge on any atom is 0.0177 e. The van der Waals surface area contributed by atoms with E-state index in [9.17, 15) is 0 Å². The van der Waals surface area contributed by atoms with Crippen LogP contribution in [-0.4, -0.2) is 4.83 Å². The highest BCUT2D eigenvalue weighted by Gasteiger charge is 2.28. The Hall–Kier alpha value is -0.300. The van der Waals surface area contributed by atoms with Gasteiger partial charge in [0, 0.05) is 4.83 Å². The number of alkyl halides is 1. The van der Waals surface area contributed by atoms with E-state index in [1.54, 1.807) is 5.56 Å². The van der Waals surface area contributed by atoms with Crippen LogP contribution in [0.3, 0.4) is 0 Å². The number of hydrogen-bond acceptors (Lipinski definition) is 0. The van der Waals surface area contributed by atoms with Crippen LogP contribution in [0.5, 0.6) is 0 Å². The molecule has 0 radical (unpaired) electrons. The molecule has 0 saturated heterocycles. The van der Waals surface area contributed by atoms with E-state index in [1.165, 1.54) is 49.7 Å². The molecule has 0 heterocycles. The zero-order chi connectivity index (χ0) is 13.8. The summed E-state index contributed by atoms with van der Waals surface area (Å²) >= 11 is 3.93. The lowest BCUT2D eigenvalue weighted by molar-refractivity contribution is 0.263. The summed E-state index contributed by atoms with van der Waals surface area (Å²) in [5.74, 6) is 1.79. The van der Waals surface area contributed by atoms with E-state index < -0.39 is 0 Å². The van der Waals surface area contributed by atoms with Gasteiger partial charge in [-0.2, -0.15) is 0 Å². The van der Waals surface area contributed by atoms with Crippen molar-refractivity contribution in [1.29, 1.82) is 0 Å². The van der Waals surface area contributed by atoms with Gasteiger partial charge in [-0.15, -0.1) is 0 Å². The first-order valence-electron chi connectivity index (χ1n) is 7.80. The Morgan fingerprint density at radius 1 is 1.21 bits per heavy atom. The molecule has 19 heavy (non-hydrogen) atoms. The number of aryl methyl sites for hydroxylation is 2. The molecule has 0 amide bonds. The molecule has 1 saturated carbocycles. The second-order valence-electron chi connectivity index (χ2n) is 6.38. The second-order valence-corrected chi connectivity index (χ2v) is 7.55. The van der Waals surface area contributed by atoms with Gasteiger partial charge in [0.2, 0.25) is 0 Å². The van der Waals surface area contributed by atoms with Gasteiger partial charge in [0.25, 0.3) is 0 Å². The van der Waals surface area contributed by atoms with Gasteiger partial charge in [0.15, 0.2) is 0 Å². The second kappa shape index (κ2) is 6.92. The van der Waals surface area contributed by atoms with Gasteiger partial charge in [-0.05, 0) is 62.5 Å². The third-order valence-corrected chi connectivity index (χ3v) is 5.89. The lowest BCUT2D eigenvalue weighted by Gasteiger charge is -2.33. The van der Waals surface area contributed by atoms with Crippen molar-refractivity contribution in [2.45, 2.75) is 64.1 Å². The van der Waals surface area contributed by atoms with E-state index >= 15 is 0 Å². The standard InChI is InChI=1S/C18H27Br/c1-4-5-15-8-9-18(19)17(11-15)12-16-10-13(2)6-7-14(16)3/h6-7,10,15,17-18H,4-5,8-9,11-12H2,1-3H3. The van der Waals surface area contributed by atoms with Crippen molar-refractivity contribution in [2.24, 2.45) is 11.8 Å². The quantitative estimate of drug-likeness (QED) is 0.612. The molecule has 1 aliphatic carbocycles. The zero-order valence-electron chi connectivity index (χ0n) is 12.6. The smallest absolute Gasteiger partial charge is 0.0177 e. The van der Waals surface area contributed by atoms with Crippen molar-refractivity contribution in [1.82, 2.24) is 0 Å². The van der Waals surface area contributed by atoms with Crippen molar-refractivity contribution in [3.8, 4) is 0 Å². The van der Waals surface area contributed by atoms with Gasteiger partial charge < -0.3 is 0 Å². The Kier molecular flexibility index (Phi) is 5.50. The molecule has 3 unspecified atom stereocenters. The predicted octanol–water partition coefficient (Wildman–Crippen LogP) is 5.83. The summed E-state index contributed by atoms with van der Waals surface area (Å²) in [7, 11) is 0. The molecular formula is C18H27Br. The first-order chi connectivity index (χ1) is 9.10. The Morgan fingerprint density at radius 2 is 2.00 bits per heavy atom. The molecule has 0 spiro atoms. The highest BCUT2D eigenvalue weighted by atomic mass is 79.9. The minimum Gasteiger partial charge on any atom is -0.0888 e. The summed E-state index contributed by atoms with van der Waals surface area (Å²) in [4.78, 5) is 0.723. The SMILES string of the molecule is CCCC1CCC(Br)C(Cc2cc(C)ccc2C)C1. The summed E-state index contributed by atoms with van der Waals surface area (Å²) < 4.78 is 0. The molecule has 1 aromatic rings. The van der Waals surface area contributed by atoms with Crippen LogP contribution in [0.4, 0.5) is 0 Å². The molecule has 106 valence electrons. The fourth-order valence-corrected chi connectivity index (χ4v) is 4.18. The minimum absolute atomic E-state index is 0.723. The van der Waals surface area contributed by atoms with Crippen LogP contribution >= 0.6 is 15.9 Å². The largest absolute Gasteiger partial charge is 0.0888 e. The van der Waals surface area contributed by atoms with Gasteiger partial charge in [0.05, 0.1) is 0 Å². The molecule has 0 N–H and O–H groups in total. The zero-order valence-corrected chi connectivity index (χ0v) is 14.2. The van der Waals surface area contributed by atoms with Crippen LogP contribution < -0.4 is 0 Å². The first-order valence-corrected chi connectivity index (χ1v) is 8.72. The van der Waals surface area contributed by atoms with Crippen molar-refractivity contribution in [3.63, 3.8) is 0 Å². The van der Waals surface area contributed by atoms with E-state index in [0.29, 0.717) is 0 Å². The molecule has 1 heteroatoms. The number of rotatable bonds is 4. The van der Waals surface area contributed by atoms with E-state index in [4.69, 9.17) is 0 Å². The van der Waals surface area contributed by atoms with Crippen LogP contribution in [0.2, 0.25) is 0 Å². The van der Waals surface area contributed by atoms with Crippen LogP contribution in [0.25, 0.3) is 0 Å². The monoisotopic (exact) mass is 322 g/mol. The Balaban J connectivity index is 2.05. The van der Waals surface area contributed by atoms with E-state index in [2.05, 4.69) is 54.9 Å². The maximum absolute atomic E-state index is 3.93. The molecule has 0 aliphatic heterocycles. The summed E-state index contributed by atoms with van der Waals surface area (Å²) in [6.07, 6.45) is 8.21. The number of hydrogen-bond donors (Lipinski definition) is 0. The first kappa shape index (κ1) is 15.1. The lowest BCUT2D eigenvalue weighted by Crippen LogP contribution is -2.27. The van der Waals surface area contributed by atoms with Crippen LogP contribution in [0.15, 0.2) is 18.2 Å². The fourth-order valence-electron chi connectivity index (χ4n) is 3.51. The highest BCUT2D eigenvalue weighted by Crippen LogP contribution is 2.38. The van der Waals surface area contributed by atoms with Gasteiger partial charge >= 0.3 is 0 Å². The van der Waals surface area contributed by atoms with Crippen molar-refractivity contribution in [3.05, 3.63) is 34.9 Å². The average Bonchev–Trinajstić information content (AvgIpc) is 2.38. The number of benzene rings is 1. The van der Waals surface area contributed by atoms with Gasteiger partial charge in [-0.3, -0.25) is 0 Å². The predicted molar refractivity (Wildman–Crippen MR) is 88.1 cm³/mol. The molecule has 1 aliphatic rings. The Labute approximate surface area is 127 Å². The molecule has 0 nitrogen and oxygen atoms in total. The van der Waals surface area contributed by atoms with Gasteiger partial charge in [-0.25, -0.2) is 0 Å². The van der Waals surface area contributed by atoms with E-state index in [1.807, 2.05) is 0 Å². The third-order valence-electron chi connectivity index (χ3n) is 4.68. The molecule has 0 bridgehead atoms. The average molecular weight is 323 g/mol. The lowest BCUT2D eigenvalue weighted by atomic mass is 9.76. The van der Waals surface area contributed by atoms with E-state index in [-0.39, 0.29) is 0 Å². The topological polar surface area (TPSA) is 0 Å². The highest BCUT2D eigenvalue weighted by molar-refractivity contribution is 9.09. The van der Waals surface area contributed by atoms with Crippen LogP contribution in [0.1, 0.15) is 55.7 Å². The summed E-state index contributed by atoms with van der Waals surface area (Å²) in [5, 5.41) is 0. The fraction of sp³-hybridized carbons (Fsp3) is 0.667. The molecule has 2 rings (SSSR count). The summed E-state index contributed by atoms with van der Waals surface area (Å²) in [6.45, 7) is 6.78.